The molecule has 0 spiro atoms. The number of hydrogen-bond donors (Lipinski definition) is 2. The van der Waals surface area contributed by atoms with E-state index < -0.39 is 0 Å². The first-order chi connectivity index (χ1) is 10.7. The lowest BCUT2D eigenvalue weighted by atomic mass is 10.0. The van der Waals surface area contributed by atoms with Gasteiger partial charge in [0.2, 0.25) is 0 Å². The molecule has 0 bridgehead atoms. The fourth-order valence-electron chi connectivity index (χ4n) is 2.74. The fraction of sp³-hybridized carbons (Fsp3) is 0.706. The molecule has 1 fully saturated rings. The number of furan rings is 1. The van der Waals surface area contributed by atoms with Gasteiger partial charge in [0.15, 0.2) is 5.96 Å². The van der Waals surface area contributed by atoms with E-state index in [9.17, 15) is 5.11 Å². The van der Waals surface area contributed by atoms with E-state index in [0.29, 0.717) is 5.92 Å². The maximum atomic E-state index is 9.77. The van der Waals surface area contributed by atoms with Gasteiger partial charge in [-0.3, -0.25) is 4.99 Å². The van der Waals surface area contributed by atoms with Gasteiger partial charge in [-0.15, -0.1) is 0 Å². The largest absolute Gasteiger partial charge is 0.469 e. The van der Waals surface area contributed by atoms with Crippen molar-refractivity contribution in [3.05, 3.63) is 24.2 Å². The smallest absolute Gasteiger partial charge is 0.193 e. The SMILES string of the molecule is CCCCN=C(NCCc1ccco1)N1CCC(C(C)O)C1. The van der Waals surface area contributed by atoms with E-state index in [1.165, 1.54) is 0 Å². The van der Waals surface area contributed by atoms with Crippen LogP contribution in [-0.4, -0.2) is 48.2 Å². The average molecular weight is 307 g/mol. The van der Waals surface area contributed by atoms with Gasteiger partial charge in [-0.2, -0.15) is 0 Å². The number of aliphatic hydroxyl groups is 1. The molecule has 124 valence electrons. The van der Waals surface area contributed by atoms with Crippen LogP contribution in [0.4, 0.5) is 0 Å². The lowest BCUT2D eigenvalue weighted by Crippen LogP contribution is -2.41. The van der Waals surface area contributed by atoms with Crippen molar-refractivity contribution in [1.82, 2.24) is 10.2 Å². The Labute approximate surface area is 133 Å². The summed E-state index contributed by atoms with van der Waals surface area (Å²) in [5, 5.41) is 13.2. The van der Waals surface area contributed by atoms with Crippen LogP contribution < -0.4 is 5.32 Å². The normalized spacial score (nSPS) is 20.4. The van der Waals surface area contributed by atoms with Crippen molar-refractivity contribution in [1.29, 1.82) is 0 Å². The van der Waals surface area contributed by atoms with Crippen molar-refractivity contribution in [2.75, 3.05) is 26.2 Å². The first-order valence-corrected chi connectivity index (χ1v) is 8.44. The molecule has 5 nitrogen and oxygen atoms in total. The number of nitrogens with zero attached hydrogens (tertiary/aromatic N) is 2. The van der Waals surface area contributed by atoms with Crippen molar-refractivity contribution >= 4 is 5.96 Å². The molecule has 1 aromatic rings. The van der Waals surface area contributed by atoms with E-state index in [0.717, 1.165) is 63.6 Å². The Morgan fingerprint density at radius 1 is 1.59 bits per heavy atom. The zero-order valence-corrected chi connectivity index (χ0v) is 13.8. The predicted octanol–water partition coefficient (Wildman–Crippen LogP) is 2.27. The van der Waals surface area contributed by atoms with Crippen LogP contribution in [0.2, 0.25) is 0 Å². The number of guanidine groups is 1. The second kappa shape index (κ2) is 8.83. The van der Waals surface area contributed by atoms with Crippen LogP contribution in [0.1, 0.15) is 38.9 Å². The molecule has 0 saturated carbocycles. The van der Waals surface area contributed by atoms with Crippen LogP contribution in [0, 0.1) is 5.92 Å². The summed E-state index contributed by atoms with van der Waals surface area (Å²) < 4.78 is 5.36. The van der Waals surface area contributed by atoms with Gasteiger partial charge in [-0.25, -0.2) is 0 Å². The summed E-state index contributed by atoms with van der Waals surface area (Å²) in [7, 11) is 0. The molecule has 2 N–H and O–H groups in total. The van der Waals surface area contributed by atoms with Gasteiger partial charge >= 0.3 is 0 Å². The molecule has 5 heteroatoms. The van der Waals surface area contributed by atoms with Gasteiger partial charge in [0.1, 0.15) is 5.76 Å². The topological polar surface area (TPSA) is 61.0 Å². The van der Waals surface area contributed by atoms with Gasteiger partial charge in [-0.05, 0) is 31.9 Å². The van der Waals surface area contributed by atoms with Crippen molar-refractivity contribution in [3.63, 3.8) is 0 Å². The molecule has 0 radical (unpaired) electrons. The Balaban J connectivity index is 1.87. The molecule has 2 heterocycles. The highest BCUT2D eigenvalue weighted by Crippen LogP contribution is 2.19. The zero-order chi connectivity index (χ0) is 15.8. The van der Waals surface area contributed by atoms with E-state index in [4.69, 9.17) is 9.41 Å². The van der Waals surface area contributed by atoms with Crippen LogP contribution in [-0.2, 0) is 6.42 Å². The second-order valence-corrected chi connectivity index (χ2v) is 6.05. The molecule has 1 aliphatic rings. The lowest BCUT2D eigenvalue weighted by Gasteiger charge is -2.22. The summed E-state index contributed by atoms with van der Waals surface area (Å²) in [6.07, 6.45) is 5.61. The van der Waals surface area contributed by atoms with Gasteiger partial charge in [0.25, 0.3) is 0 Å². The van der Waals surface area contributed by atoms with E-state index >= 15 is 0 Å². The molecular weight excluding hydrogens is 278 g/mol. The van der Waals surface area contributed by atoms with Crippen LogP contribution in [0.25, 0.3) is 0 Å². The molecule has 1 aromatic heterocycles. The van der Waals surface area contributed by atoms with Gasteiger partial charge in [0.05, 0.1) is 12.4 Å². The number of likely N-dealkylation sites (tertiary alicyclic amines) is 1. The molecule has 0 aliphatic carbocycles. The standard InChI is InChI=1S/C17H29N3O2/c1-3-4-9-18-17(19-10-7-16-6-5-12-22-16)20-11-8-15(13-20)14(2)21/h5-6,12,14-15,21H,3-4,7-11,13H2,1-2H3,(H,18,19). The predicted molar refractivity (Wildman–Crippen MR) is 89.0 cm³/mol. The molecule has 0 amide bonds. The highest BCUT2D eigenvalue weighted by molar-refractivity contribution is 5.80. The monoisotopic (exact) mass is 307 g/mol. The molecular formula is C17H29N3O2. The number of aliphatic imine (C=N–C) groups is 1. The van der Waals surface area contributed by atoms with Crippen molar-refractivity contribution in [2.45, 2.75) is 45.6 Å². The average Bonchev–Trinajstić information content (AvgIpc) is 3.17. The first-order valence-electron chi connectivity index (χ1n) is 8.44. The maximum absolute atomic E-state index is 9.77. The Morgan fingerprint density at radius 3 is 3.09 bits per heavy atom. The molecule has 2 atom stereocenters. The first kappa shape index (κ1) is 16.9. The summed E-state index contributed by atoms with van der Waals surface area (Å²) in [4.78, 5) is 7.00. The second-order valence-electron chi connectivity index (χ2n) is 6.05. The third-order valence-corrected chi connectivity index (χ3v) is 4.21. The van der Waals surface area contributed by atoms with Gasteiger partial charge < -0.3 is 19.7 Å². The number of aliphatic hydroxyl groups excluding tert-OH is 1. The molecule has 2 unspecified atom stereocenters. The van der Waals surface area contributed by atoms with Gasteiger partial charge in [-0.1, -0.05) is 13.3 Å². The van der Waals surface area contributed by atoms with Gasteiger partial charge in [0, 0.05) is 38.5 Å². The minimum Gasteiger partial charge on any atom is -0.469 e. The Morgan fingerprint density at radius 2 is 2.45 bits per heavy atom. The lowest BCUT2D eigenvalue weighted by molar-refractivity contribution is 0.132. The van der Waals surface area contributed by atoms with Crippen molar-refractivity contribution < 1.29 is 9.52 Å². The third kappa shape index (κ3) is 5.05. The van der Waals surface area contributed by atoms with Crippen LogP contribution in [0.3, 0.4) is 0 Å². The van der Waals surface area contributed by atoms with Crippen LogP contribution in [0.5, 0.6) is 0 Å². The number of nitrogens with one attached hydrogen (secondary N) is 1. The highest BCUT2D eigenvalue weighted by atomic mass is 16.3. The summed E-state index contributed by atoms with van der Waals surface area (Å²) in [6, 6.07) is 3.91. The Bertz CT molecular complexity index is 443. The van der Waals surface area contributed by atoms with Crippen molar-refractivity contribution in [3.8, 4) is 0 Å². The van der Waals surface area contributed by atoms with E-state index in [2.05, 4.69) is 17.1 Å². The van der Waals surface area contributed by atoms with E-state index in [1.807, 2.05) is 19.1 Å². The quantitative estimate of drug-likeness (QED) is 0.461. The minimum absolute atomic E-state index is 0.245. The molecule has 2 rings (SSSR count). The molecule has 0 aromatic carbocycles. The third-order valence-electron chi connectivity index (χ3n) is 4.21. The Hall–Kier alpha value is -1.49. The highest BCUT2D eigenvalue weighted by Gasteiger charge is 2.27. The number of unbranched alkanes of at least 4 members (excludes halogenated alkanes) is 1. The number of rotatable bonds is 7. The fourth-order valence-corrected chi connectivity index (χ4v) is 2.74. The molecule has 1 saturated heterocycles. The Kier molecular flexibility index (Phi) is 6.77. The maximum Gasteiger partial charge on any atom is 0.193 e. The minimum atomic E-state index is -0.245. The molecule has 22 heavy (non-hydrogen) atoms. The molecule has 1 aliphatic heterocycles. The summed E-state index contributed by atoms with van der Waals surface area (Å²) >= 11 is 0. The van der Waals surface area contributed by atoms with Crippen molar-refractivity contribution in [2.24, 2.45) is 10.9 Å². The summed E-state index contributed by atoms with van der Waals surface area (Å²) in [5.74, 6) is 2.31. The van der Waals surface area contributed by atoms with E-state index in [-0.39, 0.29) is 6.10 Å². The van der Waals surface area contributed by atoms with E-state index in [1.54, 1.807) is 6.26 Å². The van der Waals surface area contributed by atoms with Crippen LogP contribution >= 0.6 is 0 Å². The zero-order valence-electron chi connectivity index (χ0n) is 13.8. The van der Waals surface area contributed by atoms with Crippen LogP contribution in [0.15, 0.2) is 27.8 Å². The summed E-state index contributed by atoms with van der Waals surface area (Å²) in [5.41, 5.74) is 0. The number of hydrogen-bond acceptors (Lipinski definition) is 3. The summed E-state index contributed by atoms with van der Waals surface area (Å²) in [6.45, 7) is 7.58.